The summed E-state index contributed by atoms with van der Waals surface area (Å²) in [4.78, 5) is 12.6. The molecular formula is C18H28N2O5S. The SMILES string of the molecule is CCS(=O)(=O)N1CCC[C@@H](C(=O)N[C@@H](C)c2ccc(OC)c(OC)c2)C1. The van der Waals surface area contributed by atoms with Gasteiger partial charge in [-0.1, -0.05) is 6.07 Å². The van der Waals surface area contributed by atoms with E-state index in [-0.39, 0.29) is 30.2 Å². The molecule has 0 spiro atoms. The first kappa shape index (κ1) is 20.5. The fourth-order valence-electron chi connectivity index (χ4n) is 3.13. The van der Waals surface area contributed by atoms with E-state index >= 15 is 0 Å². The quantitative estimate of drug-likeness (QED) is 0.777. The number of carbonyl (C=O) groups is 1. The molecule has 1 aromatic rings. The van der Waals surface area contributed by atoms with E-state index in [2.05, 4.69) is 5.32 Å². The average Bonchev–Trinajstić information content (AvgIpc) is 2.67. The van der Waals surface area contributed by atoms with Crippen LogP contribution in [0.1, 0.15) is 38.3 Å². The van der Waals surface area contributed by atoms with E-state index in [0.29, 0.717) is 30.9 Å². The lowest BCUT2D eigenvalue weighted by Gasteiger charge is -2.31. The van der Waals surface area contributed by atoms with E-state index in [1.54, 1.807) is 27.2 Å². The maximum absolute atomic E-state index is 12.6. The van der Waals surface area contributed by atoms with Gasteiger partial charge in [0.05, 0.1) is 31.9 Å². The monoisotopic (exact) mass is 384 g/mol. The second kappa shape index (κ2) is 8.73. The van der Waals surface area contributed by atoms with E-state index in [1.165, 1.54) is 4.31 Å². The highest BCUT2D eigenvalue weighted by Gasteiger charge is 2.31. The standard InChI is InChI=1S/C18H28N2O5S/c1-5-26(22,23)20-10-6-7-15(12-20)18(21)19-13(2)14-8-9-16(24-3)17(11-14)25-4/h8-9,11,13,15H,5-7,10,12H2,1-4H3,(H,19,21)/t13-,15+/m0/s1. The summed E-state index contributed by atoms with van der Waals surface area (Å²) in [7, 11) is -0.126. The van der Waals surface area contributed by atoms with Crippen molar-refractivity contribution >= 4 is 15.9 Å². The van der Waals surface area contributed by atoms with Crippen molar-refractivity contribution in [2.45, 2.75) is 32.7 Å². The Kier molecular flexibility index (Phi) is 6.88. The van der Waals surface area contributed by atoms with Crippen LogP contribution in [0.25, 0.3) is 0 Å². The molecule has 1 heterocycles. The van der Waals surface area contributed by atoms with Gasteiger partial charge in [-0.25, -0.2) is 12.7 Å². The smallest absolute Gasteiger partial charge is 0.224 e. The summed E-state index contributed by atoms with van der Waals surface area (Å²) in [5.41, 5.74) is 0.893. The van der Waals surface area contributed by atoms with Crippen LogP contribution in [0.5, 0.6) is 11.5 Å². The van der Waals surface area contributed by atoms with Crippen LogP contribution in [-0.4, -0.2) is 51.7 Å². The number of ether oxygens (including phenoxy) is 2. The van der Waals surface area contributed by atoms with Crippen molar-refractivity contribution in [3.05, 3.63) is 23.8 Å². The number of hydrogen-bond donors (Lipinski definition) is 1. The fourth-order valence-corrected chi connectivity index (χ4v) is 4.31. The minimum absolute atomic E-state index is 0.0589. The molecule has 2 rings (SSSR count). The molecule has 7 nitrogen and oxygen atoms in total. The Morgan fingerprint density at radius 2 is 2.00 bits per heavy atom. The van der Waals surface area contributed by atoms with Gasteiger partial charge < -0.3 is 14.8 Å². The van der Waals surface area contributed by atoms with Gasteiger partial charge in [-0.15, -0.1) is 0 Å². The first-order chi connectivity index (χ1) is 12.3. The molecule has 1 amide bonds. The number of rotatable bonds is 7. The summed E-state index contributed by atoms with van der Waals surface area (Å²) in [5.74, 6) is 0.839. The van der Waals surface area contributed by atoms with Gasteiger partial charge >= 0.3 is 0 Å². The van der Waals surface area contributed by atoms with Crippen molar-refractivity contribution in [2.75, 3.05) is 33.1 Å². The lowest BCUT2D eigenvalue weighted by atomic mass is 9.98. The number of nitrogens with one attached hydrogen (secondary N) is 1. The van der Waals surface area contributed by atoms with Crippen LogP contribution in [-0.2, 0) is 14.8 Å². The minimum Gasteiger partial charge on any atom is -0.493 e. The number of piperidine rings is 1. The van der Waals surface area contributed by atoms with Crippen molar-refractivity contribution in [3.63, 3.8) is 0 Å². The van der Waals surface area contributed by atoms with E-state index in [0.717, 1.165) is 5.56 Å². The normalized spacial score (nSPS) is 19.6. The van der Waals surface area contributed by atoms with Gasteiger partial charge in [-0.05, 0) is 44.4 Å². The molecule has 1 aliphatic rings. The summed E-state index contributed by atoms with van der Waals surface area (Å²) in [6.07, 6.45) is 1.39. The molecule has 1 aliphatic heterocycles. The van der Waals surface area contributed by atoms with Gasteiger partial charge in [0.25, 0.3) is 0 Å². The third-order valence-corrected chi connectivity index (χ3v) is 6.63. The predicted octanol–water partition coefficient (Wildman–Crippen LogP) is 1.94. The molecule has 0 aliphatic carbocycles. The molecule has 0 saturated carbocycles. The molecule has 8 heteroatoms. The van der Waals surface area contributed by atoms with Crippen LogP contribution in [0.15, 0.2) is 18.2 Å². The molecule has 146 valence electrons. The number of nitrogens with zero attached hydrogens (tertiary/aromatic N) is 1. The van der Waals surface area contributed by atoms with Crippen LogP contribution >= 0.6 is 0 Å². The number of sulfonamides is 1. The van der Waals surface area contributed by atoms with Gasteiger partial charge in [-0.3, -0.25) is 4.79 Å². The minimum atomic E-state index is -3.26. The van der Waals surface area contributed by atoms with Crippen molar-refractivity contribution < 1.29 is 22.7 Å². The first-order valence-electron chi connectivity index (χ1n) is 8.82. The molecule has 1 saturated heterocycles. The molecule has 0 radical (unpaired) electrons. The lowest BCUT2D eigenvalue weighted by molar-refractivity contribution is -0.126. The van der Waals surface area contributed by atoms with Crippen LogP contribution in [0.4, 0.5) is 0 Å². The summed E-state index contributed by atoms with van der Waals surface area (Å²) < 4.78 is 36.1. The van der Waals surface area contributed by atoms with Crippen molar-refractivity contribution in [2.24, 2.45) is 5.92 Å². The maximum atomic E-state index is 12.6. The van der Waals surface area contributed by atoms with Gasteiger partial charge in [0.15, 0.2) is 11.5 Å². The number of methoxy groups -OCH3 is 2. The Morgan fingerprint density at radius 3 is 2.62 bits per heavy atom. The zero-order valence-corrected chi connectivity index (χ0v) is 16.6. The van der Waals surface area contributed by atoms with Gasteiger partial charge in [0, 0.05) is 13.1 Å². The molecule has 0 bridgehead atoms. The van der Waals surface area contributed by atoms with Crippen LogP contribution in [0, 0.1) is 5.92 Å². The van der Waals surface area contributed by atoms with E-state index in [9.17, 15) is 13.2 Å². The number of amides is 1. The summed E-state index contributed by atoms with van der Waals surface area (Å²) in [5, 5.41) is 2.99. The van der Waals surface area contributed by atoms with Crippen molar-refractivity contribution in [1.82, 2.24) is 9.62 Å². The Bertz CT molecular complexity index is 735. The number of benzene rings is 1. The van der Waals surface area contributed by atoms with Crippen LogP contribution < -0.4 is 14.8 Å². The highest BCUT2D eigenvalue weighted by atomic mass is 32.2. The van der Waals surface area contributed by atoms with Gasteiger partial charge in [0.2, 0.25) is 15.9 Å². The van der Waals surface area contributed by atoms with E-state index < -0.39 is 10.0 Å². The average molecular weight is 384 g/mol. The summed E-state index contributed by atoms with van der Waals surface area (Å²) in [6.45, 7) is 4.26. The zero-order valence-electron chi connectivity index (χ0n) is 15.8. The second-order valence-electron chi connectivity index (χ2n) is 6.44. The molecular weight excluding hydrogens is 356 g/mol. The zero-order chi connectivity index (χ0) is 19.3. The van der Waals surface area contributed by atoms with Crippen molar-refractivity contribution in [1.29, 1.82) is 0 Å². The Hall–Kier alpha value is -1.80. The van der Waals surface area contributed by atoms with Gasteiger partial charge in [-0.2, -0.15) is 0 Å². The molecule has 0 aromatic heterocycles. The predicted molar refractivity (Wildman–Crippen MR) is 99.9 cm³/mol. The summed E-state index contributed by atoms with van der Waals surface area (Å²) >= 11 is 0. The highest BCUT2D eigenvalue weighted by molar-refractivity contribution is 7.89. The third kappa shape index (κ3) is 4.67. The molecule has 1 fully saturated rings. The van der Waals surface area contributed by atoms with Gasteiger partial charge in [0.1, 0.15) is 0 Å². The van der Waals surface area contributed by atoms with Crippen LogP contribution in [0.3, 0.4) is 0 Å². The molecule has 26 heavy (non-hydrogen) atoms. The number of hydrogen-bond acceptors (Lipinski definition) is 5. The highest BCUT2D eigenvalue weighted by Crippen LogP contribution is 2.30. The Morgan fingerprint density at radius 1 is 1.31 bits per heavy atom. The van der Waals surface area contributed by atoms with Crippen molar-refractivity contribution in [3.8, 4) is 11.5 Å². The van der Waals surface area contributed by atoms with E-state index in [1.807, 2.05) is 19.1 Å². The molecule has 1 aromatic carbocycles. The Balaban J connectivity index is 2.04. The molecule has 0 unspecified atom stereocenters. The first-order valence-corrected chi connectivity index (χ1v) is 10.4. The maximum Gasteiger partial charge on any atom is 0.224 e. The second-order valence-corrected chi connectivity index (χ2v) is 8.70. The Labute approximate surface area is 155 Å². The third-order valence-electron chi connectivity index (χ3n) is 4.78. The van der Waals surface area contributed by atoms with Crippen LogP contribution in [0.2, 0.25) is 0 Å². The largest absolute Gasteiger partial charge is 0.493 e. The fraction of sp³-hybridized carbons (Fsp3) is 0.611. The molecule has 1 N–H and O–H groups in total. The number of carbonyl (C=O) groups excluding carboxylic acids is 1. The van der Waals surface area contributed by atoms with E-state index in [4.69, 9.17) is 9.47 Å². The lowest BCUT2D eigenvalue weighted by Crippen LogP contribution is -2.46. The topological polar surface area (TPSA) is 84.9 Å². The summed E-state index contributed by atoms with van der Waals surface area (Å²) in [6, 6.07) is 5.28. The molecule has 2 atom stereocenters.